The lowest BCUT2D eigenvalue weighted by atomic mass is 10.1. The van der Waals surface area contributed by atoms with Gasteiger partial charge in [-0.15, -0.1) is 10.2 Å². The van der Waals surface area contributed by atoms with Crippen LogP contribution >= 0.6 is 0 Å². The molecule has 138 valence electrons. The van der Waals surface area contributed by atoms with Crippen molar-refractivity contribution in [3.63, 3.8) is 0 Å². The SMILES string of the molecule is COc1ccc(NC(=O)[C@H](C)OC(=O)c2ccc(-c3nnco3)cc2)cc1. The molecule has 1 aromatic heterocycles. The van der Waals surface area contributed by atoms with E-state index in [-0.39, 0.29) is 0 Å². The van der Waals surface area contributed by atoms with Crippen LogP contribution in [0.25, 0.3) is 11.5 Å². The fraction of sp³-hybridized carbons (Fsp3) is 0.158. The third-order valence-electron chi connectivity index (χ3n) is 3.74. The molecule has 1 amide bonds. The van der Waals surface area contributed by atoms with Crippen molar-refractivity contribution in [1.82, 2.24) is 10.2 Å². The molecule has 0 aliphatic heterocycles. The first kappa shape index (κ1) is 18.1. The van der Waals surface area contributed by atoms with E-state index in [4.69, 9.17) is 13.9 Å². The number of ether oxygens (including phenoxy) is 2. The monoisotopic (exact) mass is 367 g/mol. The van der Waals surface area contributed by atoms with E-state index in [2.05, 4.69) is 15.5 Å². The van der Waals surface area contributed by atoms with Crippen LogP contribution in [0.4, 0.5) is 5.69 Å². The number of carbonyl (C=O) groups is 2. The number of rotatable bonds is 6. The fourth-order valence-electron chi connectivity index (χ4n) is 2.25. The number of aromatic nitrogens is 2. The number of nitrogens with zero attached hydrogens (tertiary/aromatic N) is 2. The minimum absolute atomic E-state index is 0.308. The van der Waals surface area contributed by atoms with Crippen molar-refractivity contribution in [3.05, 3.63) is 60.5 Å². The summed E-state index contributed by atoms with van der Waals surface area (Å²) in [5.74, 6) is -0.0148. The second-order valence-electron chi connectivity index (χ2n) is 5.59. The standard InChI is InChI=1S/C19H17N3O5/c1-12(17(23)21-15-7-9-16(25-2)10-8-15)27-19(24)14-5-3-13(4-6-14)18-22-20-11-26-18/h3-12H,1-2H3,(H,21,23)/t12-/m0/s1. The van der Waals surface area contributed by atoms with E-state index in [0.717, 1.165) is 0 Å². The molecule has 3 aromatic rings. The highest BCUT2D eigenvalue weighted by Crippen LogP contribution is 2.18. The van der Waals surface area contributed by atoms with Crippen molar-refractivity contribution >= 4 is 17.6 Å². The van der Waals surface area contributed by atoms with E-state index in [1.165, 1.54) is 13.3 Å². The van der Waals surface area contributed by atoms with Crippen LogP contribution in [0.3, 0.4) is 0 Å². The predicted octanol–water partition coefficient (Wildman–Crippen LogP) is 2.93. The van der Waals surface area contributed by atoms with Gasteiger partial charge in [0.2, 0.25) is 12.3 Å². The molecule has 0 aliphatic carbocycles. The zero-order valence-electron chi connectivity index (χ0n) is 14.7. The first-order valence-electron chi connectivity index (χ1n) is 8.09. The number of methoxy groups -OCH3 is 1. The lowest BCUT2D eigenvalue weighted by molar-refractivity contribution is -0.123. The van der Waals surface area contributed by atoms with Crippen LogP contribution in [0.1, 0.15) is 17.3 Å². The molecule has 0 saturated carbocycles. The van der Waals surface area contributed by atoms with Crippen LogP contribution in [0.5, 0.6) is 5.75 Å². The van der Waals surface area contributed by atoms with Crippen molar-refractivity contribution in [3.8, 4) is 17.2 Å². The molecule has 0 spiro atoms. The maximum absolute atomic E-state index is 12.2. The lowest BCUT2D eigenvalue weighted by Crippen LogP contribution is -2.29. The average Bonchev–Trinajstić information content (AvgIpc) is 3.23. The highest BCUT2D eigenvalue weighted by molar-refractivity contribution is 5.97. The number of anilines is 1. The van der Waals surface area contributed by atoms with E-state index in [0.29, 0.717) is 28.5 Å². The normalized spacial score (nSPS) is 11.5. The molecule has 3 rings (SSSR count). The van der Waals surface area contributed by atoms with Gasteiger partial charge in [-0.05, 0) is 55.5 Å². The molecule has 0 saturated heterocycles. The third-order valence-corrected chi connectivity index (χ3v) is 3.74. The zero-order valence-corrected chi connectivity index (χ0v) is 14.7. The molecule has 0 fully saturated rings. The smallest absolute Gasteiger partial charge is 0.338 e. The Bertz CT molecular complexity index is 906. The molecule has 1 atom stereocenters. The second kappa shape index (κ2) is 8.13. The Morgan fingerprint density at radius 3 is 2.37 bits per heavy atom. The van der Waals surface area contributed by atoms with Crippen molar-refractivity contribution in [2.45, 2.75) is 13.0 Å². The van der Waals surface area contributed by atoms with Gasteiger partial charge in [0.25, 0.3) is 5.91 Å². The van der Waals surface area contributed by atoms with Gasteiger partial charge in [-0.3, -0.25) is 4.79 Å². The lowest BCUT2D eigenvalue weighted by Gasteiger charge is -2.14. The minimum atomic E-state index is -0.963. The van der Waals surface area contributed by atoms with Crippen molar-refractivity contribution in [2.75, 3.05) is 12.4 Å². The maximum atomic E-state index is 12.2. The Labute approximate surface area is 155 Å². The topological polar surface area (TPSA) is 104 Å². The van der Waals surface area contributed by atoms with Gasteiger partial charge in [-0.25, -0.2) is 4.79 Å². The summed E-state index contributed by atoms with van der Waals surface area (Å²) in [7, 11) is 1.56. The summed E-state index contributed by atoms with van der Waals surface area (Å²) < 4.78 is 15.4. The molecule has 0 radical (unpaired) electrons. The summed E-state index contributed by atoms with van der Waals surface area (Å²) in [6.07, 6.45) is 0.260. The van der Waals surface area contributed by atoms with Crippen LogP contribution in [-0.4, -0.2) is 35.3 Å². The van der Waals surface area contributed by atoms with Crippen LogP contribution in [0, 0.1) is 0 Å². The van der Waals surface area contributed by atoms with Crippen LogP contribution < -0.4 is 10.1 Å². The Morgan fingerprint density at radius 2 is 1.78 bits per heavy atom. The quantitative estimate of drug-likeness (QED) is 0.668. The predicted molar refractivity (Wildman–Crippen MR) is 96.2 cm³/mol. The Kier molecular flexibility index (Phi) is 5.46. The van der Waals surface area contributed by atoms with Crippen LogP contribution in [-0.2, 0) is 9.53 Å². The molecule has 0 aliphatic rings. The first-order valence-corrected chi connectivity index (χ1v) is 8.09. The highest BCUT2D eigenvalue weighted by atomic mass is 16.5. The molecule has 8 heteroatoms. The molecular formula is C19H17N3O5. The largest absolute Gasteiger partial charge is 0.497 e. The number of amides is 1. The molecular weight excluding hydrogens is 350 g/mol. The number of hydrogen-bond acceptors (Lipinski definition) is 7. The van der Waals surface area contributed by atoms with E-state index in [9.17, 15) is 9.59 Å². The maximum Gasteiger partial charge on any atom is 0.338 e. The van der Waals surface area contributed by atoms with E-state index in [1.54, 1.807) is 55.6 Å². The molecule has 1 heterocycles. The van der Waals surface area contributed by atoms with E-state index in [1.807, 2.05) is 0 Å². The van der Waals surface area contributed by atoms with E-state index >= 15 is 0 Å². The van der Waals surface area contributed by atoms with E-state index < -0.39 is 18.0 Å². The summed E-state index contributed by atoms with van der Waals surface area (Å²) >= 11 is 0. The summed E-state index contributed by atoms with van der Waals surface area (Å²) in [6, 6.07) is 13.3. The van der Waals surface area contributed by atoms with Gasteiger partial charge in [0.1, 0.15) is 5.75 Å². The number of nitrogens with one attached hydrogen (secondary N) is 1. The minimum Gasteiger partial charge on any atom is -0.497 e. The molecule has 8 nitrogen and oxygen atoms in total. The second-order valence-corrected chi connectivity index (χ2v) is 5.59. The molecule has 27 heavy (non-hydrogen) atoms. The Morgan fingerprint density at radius 1 is 1.07 bits per heavy atom. The van der Waals surface area contributed by atoms with Crippen LogP contribution in [0.15, 0.2) is 59.3 Å². The number of benzene rings is 2. The summed E-state index contributed by atoms with van der Waals surface area (Å²) in [4.78, 5) is 24.4. The van der Waals surface area contributed by atoms with Crippen molar-refractivity contribution in [2.24, 2.45) is 0 Å². The van der Waals surface area contributed by atoms with Gasteiger partial charge in [0.05, 0.1) is 12.7 Å². The van der Waals surface area contributed by atoms with Crippen molar-refractivity contribution < 1.29 is 23.5 Å². The Hall–Kier alpha value is -3.68. The average molecular weight is 367 g/mol. The van der Waals surface area contributed by atoms with Gasteiger partial charge in [0, 0.05) is 11.3 Å². The zero-order chi connectivity index (χ0) is 19.2. The van der Waals surface area contributed by atoms with Gasteiger partial charge >= 0.3 is 5.97 Å². The van der Waals surface area contributed by atoms with Crippen molar-refractivity contribution in [1.29, 1.82) is 0 Å². The summed E-state index contributed by atoms with van der Waals surface area (Å²) in [6.45, 7) is 1.50. The van der Waals surface area contributed by atoms with Gasteiger partial charge < -0.3 is 19.2 Å². The molecule has 2 aromatic carbocycles. The Balaban J connectivity index is 1.58. The highest BCUT2D eigenvalue weighted by Gasteiger charge is 2.19. The van der Waals surface area contributed by atoms with Gasteiger partial charge in [-0.2, -0.15) is 0 Å². The summed E-state index contributed by atoms with van der Waals surface area (Å²) in [5, 5.41) is 10.1. The number of hydrogen-bond donors (Lipinski definition) is 1. The molecule has 0 unspecified atom stereocenters. The van der Waals surface area contributed by atoms with Gasteiger partial charge in [-0.1, -0.05) is 0 Å². The van der Waals surface area contributed by atoms with Gasteiger partial charge in [0.15, 0.2) is 6.10 Å². The summed E-state index contributed by atoms with van der Waals surface area (Å²) in [5.41, 5.74) is 1.56. The fourth-order valence-corrected chi connectivity index (χ4v) is 2.25. The first-order chi connectivity index (χ1) is 13.1. The van der Waals surface area contributed by atoms with Crippen LogP contribution in [0.2, 0.25) is 0 Å². The number of carbonyl (C=O) groups excluding carboxylic acids is 2. The third kappa shape index (κ3) is 4.49. The molecule has 0 bridgehead atoms. The number of esters is 1. The molecule has 1 N–H and O–H groups in total.